The van der Waals surface area contributed by atoms with Crippen LogP contribution in [0, 0.1) is 17.7 Å². The first-order chi connectivity index (χ1) is 12.1. The number of carbonyl (C=O) groups excluding carboxylic acids is 1. The molecule has 1 aliphatic heterocycles. The van der Waals surface area contributed by atoms with Gasteiger partial charge in [0.25, 0.3) is 0 Å². The molecule has 8 nitrogen and oxygen atoms in total. The number of amides is 1. The fourth-order valence-corrected chi connectivity index (χ4v) is 3.64. The Morgan fingerprint density at radius 3 is 2.68 bits per heavy atom. The van der Waals surface area contributed by atoms with Crippen molar-refractivity contribution in [2.24, 2.45) is 11.8 Å². The van der Waals surface area contributed by atoms with Crippen LogP contribution < -0.4 is 10.2 Å². The zero-order chi connectivity index (χ0) is 17.4. The summed E-state index contributed by atoms with van der Waals surface area (Å²) < 4.78 is 14.8. The molecule has 0 aromatic carbocycles. The maximum Gasteiger partial charge on any atom is 0.225 e. The number of anilines is 1. The SMILES string of the molecule is CC1CC(C(=O)N[C@@H]2CN(c3ncc(F)cn3)C[C@@H]2n2ccnn2)C1. The molecule has 1 N–H and O–H groups in total. The van der Waals surface area contributed by atoms with Gasteiger partial charge in [-0.2, -0.15) is 0 Å². The fraction of sp³-hybridized carbons (Fsp3) is 0.562. The quantitative estimate of drug-likeness (QED) is 0.882. The van der Waals surface area contributed by atoms with Gasteiger partial charge in [-0.05, 0) is 18.8 Å². The van der Waals surface area contributed by atoms with Crippen molar-refractivity contribution in [3.05, 3.63) is 30.6 Å². The van der Waals surface area contributed by atoms with Crippen LogP contribution in [0.2, 0.25) is 0 Å². The van der Waals surface area contributed by atoms with Gasteiger partial charge in [-0.25, -0.2) is 19.0 Å². The van der Waals surface area contributed by atoms with Gasteiger partial charge in [0.2, 0.25) is 11.9 Å². The van der Waals surface area contributed by atoms with Gasteiger partial charge in [0.1, 0.15) is 0 Å². The molecule has 1 saturated heterocycles. The Kier molecular flexibility index (Phi) is 4.06. The van der Waals surface area contributed by atoms with Crippen molar-refractivity contribution in [3.8, 4) is 0 Å². The third-order valence-electron chi connectivity index (χ3n) is 5.03. The molecule has 0 spiro atoms. The second-order valence-corrected chi connectivity index (χ2v) is 6.95. The summed E-state index contributed by atoms with van der Waals surface area (Å²) in [6, 6.07) is -0.198. The highest BCUT2D eigenvalue weighted by molar-refractivity contribution is 5.80. The molecule has 0 unspecified atom stereocenters. The Bertz CT molecular complexity index is 729. The maximum absolute atomic E-state index is 13.1. The minimum absolute atomic E-state index is 0.0717. The number of nitrogens with one attached hydrogen (secondary N) is 1. The Hall–Kier alpha value is -2.58. The molecule has 2 aromatic rings. The number of rotatable bonds is 4. The van der Waals surface area contributed by atoms with Crippen molar-refractivity contribution in [2.45, 2.75) is 31.8 Å². The molecule has 0 bridgehead atoms. The Morgan fingerprint density at radius 1 is 1.28 bits per heavy atom. The van der Waals surface area contributed by atoms with Gasteiger partial charge in [0.15, 0.2) is 5.82 Å². The molecule has 2 fully saturated rings. The van der Waals surface area contributed by atoms with Crippen LogP contribution in [0.15, 0.2) is 24.8 Å². The Balaban J connectivity index is 1.50. The minimum Gasteiger partial charge on any atom is -0.349 e. The number of carbonyl (C=O) groups is 1. The normalized spacial score (nSPS) is 28.6. The van der Waals surface area contributed by atoms with E-state index in [1.165, 1.54) is 0 Å². The van der Waals surface area contributed by atoms with Crippen LogP contribution in [-0.4, -0.2) is 50.0 Å². The molecular formula is C16H20FN7O. The first kappa shape index (κ1) is 15.9. The molecule has 3 heterocycles. The van der Waals surface area contributed by atoms with Crippen molar-refractivity contribution in [1.29, 1.82) is 0 Å². The molecule has 1 saturated carbocycles. The van der Waals surface area contributed by atoms with E-state index in [1.807, 2.05) is 4.90 Å². The molecule has 2 aliphatic rings. The highest BCUT2D eigenvalue weighted by atomic mass is 19.1. The van der Waals surface area contributed by atoms with E-state index >= 15 is 0 Å². The number of aromatic nitrogens is 5. The monoisotopic (exact) mass is 345 g/mol. The van der Waals surface area contributed by atoms with Gasteiger partial charge in [0, 0.05) is 25.2 Å². The standard InChI is InChI=1S/C16H20FN7O/c1-10-4-11(5-10)15(25)21-13-8-23(16-18-6-12(17)7-19-16)9-14(13)24-3-2-20-22-24/h2-3,6-7,10-11,13-14H,4-5,8-9H2,1H3,(H,21,25)/t10?,11?,13-,14+/m1/s1. The minimum atomic E-state index is -0.472. The van der Waals surface area contributed by atoms with Gasteiger partial charge < -0.3 is 10.2 Å². The zero-order valence-electron chi connectivity index (χ0n) is 13.9. The summed E-state index contributed by atoms with van der Waals surface area (Å²) in [5.41, 5.74) is 0. The highest BCUT2D eigenvalue weighted by Gasteiger charge is 2.39. The number of hydrogen-bond acceptors (Lipinski definition) is 6. The van der Waals surface area contributed by atoms with E-state index in [-0.39, 0.29) is 23.9 Å². The average molecular weight is 345 g/mol. The molecule has 1 amide bonds. The summed E-state index contributed by atoms with van der Waals surface area (Å²) in [4.78, 5) is 22.5. The molecule has 4 rings (SSSR count). The van der Waals surface area contributed by atoms with E-state index in [4.69, 9.17) is 0 Å². The van der Waals surface area contributed by atoms with Crippen molar-refractivity contribution >= 4 is 11.9 Å². The third-order valence-corrected chi connectivity index (χ3v) is 5.03. The maximum atomic E-state index is 13.1. The summed E-state index contributed by atoms with van der Waals surface area (Å²) in [6.45, 7) is 3.27. The Labute approximate surface area is 144 Å². The predicted molar refractivity (Wildman–Crippen MR) is 87.1 cm³/mol. The lowest BCUT2D eigenvalue weighted by Crippen LogP contribution is -2.46. The van der Waals surface area contributed by atoms with Crippen molar-refractivity contribution in [2.75, 3.05) is 18.0 Å². The second-order valence-electron chi connectivity index (χ2n) is 6.95. The van der Waals surface area contributed by atoms with Gasteiger partial charge in [0.05, 0.1) is 30.7 Å². The molecule has 1 aliphatic carbocycles. The van der Waals surface area contributed by atoms with Crippen LogP contribution in [-0.2, 0) is 4.79 Å². The van der Waals surface area contributed by atoms with Crippen LogP contribution >= 0.6 is 0 Å². The van der Waals surface area contributed by atoms with E-state index in [2.05, 4.69) is 32.5 Å². The lowest BCUT2D eigenvalue weighted by molar-refractivity contribution is -0.129. The predicted octanol–water partition coefficient (Wildman–Crippen LogP) is 0.799. The number of hydrogen-bond donors (Lipinski definition) is 1. The molecule has 9 heteroatoms. The summed E-state index contributed by atoms with van der Waals surface area (Å²) >= 11 is 0. The molecule has 2 atom stereocenters. The summed E-state index contributed by atoms with van der Waals surface area (Å²) in [6.07, 6.45) is 7.57. The number of halogens is 1. The molecule has 2 aromatic heterocycles. The van der Waals surface area contributed by atoms with E-state index in [0.717, 1.165) is 25.2 Å². The lowest BCUT2D eigenvalue weighted by atomic mass is 9.75. The largest absolute Gasteiger partial charge is 0.349 e. The van der Waals surface area contributed by atoms with Gasteiger partial charge in [-0.15, -0.1) is 5.10 Å². The lowest BCUT2D eigenvalue weighted by Gasteiger charge is -2.33. The van der Waals surface area contributed by atoms with Crippen molar-refractivity contribution < 1.29 is 9.18 Å². The molecule has 0 radical (unpaired) electrons. The summed E-state index contributed by atoms with van der Waals surface area (Å²) in [5, 5.41) is 11.1. The topological polar surface area (TPSA) is 88.8 Å². The molecular weight excluding hydrogens is 325 g/mol. The highest BCUT2D eigenvalue weighted by Crippen LogP contribution is 2.34. The van der Waals surface area contributed by atoms with Gasteiger partial charge in [-0.3, -0.25) is 4.79 Å². The summed E-state index contributed by atoms with van der Waals surface area (Å²) in [7, 11) is 0. The van der Waals surface area contributed by atoms with Crippen molar-refractivity contribution in [1.82, 2.24) is 30.3 Å². The van der Waals surface area contributed by atoms with Gasteiger partial charge >= 0.3 is 0 Å². The Morgan fingerprint density at radius 2 is 2.04 bits per heavy atom. The summed E-state index contributed by atoms with van der Waals surface area (Å²) in [5.74, 6) is 0.785. The molecule has 132 valence electrons. The van der Waals surface area contributed by atoms with Crippen LogP contribution in [0.3, 0.4) is 0 Å². The second kappa shape index (κ2) is 6.38. The molecule has 25 heavy (non-hydrogen) atoms. The number of nitrogens with zero attached hydrogens (tertiary/aromatic N) is 6. The smallest absolute Gasteiger partial charge is 0.225 e. The average Bonchev–Trinajstić information content (AvgIpc) is 3.22. The van der Waals surface area contributed by atoms with Crippen LogP contribution in [0.4, 0.5) is 10.3 Å². The van der Waals surface area contributed by atoms with E-state index in [9.17, 15) is 9.18 Å². The van der Waals surface area contributed by atoms with E-state index < -0.39 is 5.82 Å². The van der Waals surface area contributed by atoms with Crippen molar-refractivity contribution in [3.63, 3.8) is 0 Å². The van der Waals surface area contributed by atoms with Crippen LogP contribution in [0.5, 0.6) is 0 Å². The van der Waals surface area contributed by atoms with Crippen LogP contribution in [0.1, 0.15) is 25.8 Å². The van der Waals surface area contributed by atoms with Gasteiger partial charge in [-0.1, -0.05) is 12.1 Å². The first-order valence-electron chi connectivity index (χ1n) is 8.49. The van der Waals surface area contributed by atoms with E-state index in [1.54, 1.807) is 17.1 Å². The first-order valence-corrected chi connectivity index (χ1v) is 8.49. The third kappa shape index (κ3) is 3.18. The zero-order valence-corrected chi connectivity index (χ0v) is 13.9. The van der Waals surface area contributed by atoms with Crippen LogP contribution in [0.25, 0.3) is 0 Å². The van der Waals surface area contributed by atoms with E-state index in [0.29, 0.717) is 25.0 Å². The fourth-order valence-electron chi connectivity index (χ4n) is 3.64.